The molecular formula is C16H17FN2O3S2. The molecular weight excluding hydrogens is 351 g/mol. The quantitative estimate of drug-likeness (QED) is 0.604. The van der Waals surface area contributed by atoms with E-state index >= 15 is 0 Å². The summed E-state index contributed by atoms with van der Waals surface area (Å²) in [5.41, 5.74) is 6.57. The Bertz CT molecular complexity index is 762. The monoisotopic (exact) mass is 368 g/mol. The Kier molecular flexibility index (Phi) is 6.22. The molecule has 8 heteroatoms. The molecule has 2 rings (SSSR count). The van der Waals surface area contributed by atoms with Gasteiger partial charge in [-0.25, -0.2) is 9.18 Å². The number of amides is 1. The van der Waals surface area contributed by atoms with Crippen molar-refractivity contribution in [2.45, 2.75) is 17.6 Å². The molecule has 0 bridgehead atoms. The third-order valence-corrected chi connectivity index (χ3v) is 5.29. The molecule has 0 fully saturated rings. The summed E-state index contributed by atoms with van der Waals surface area (Å²) in [6.45, 7) is 1.89. The van der Waals surface area contributed by atoms with E-state index in [2.05, 4.69) is 5.32 Å². The van der Waals surface area contributed by atoms with Crippen LogP contribution in [0.3, 0.4) is 0 Å². The van der Waals surface area contributed by atoms with Gasteiger partial charge in [-0.05, 0) is 19.1 Å². The molecule has 0 saturated carbocycles. The van der Waals surface area contributed by atoms with E-state index < -0.39 is 5.97 Å². The maximum absolute atomic E-state index is 13.8. The molecule has 3 N–H and O–H groups in total. The predicted molar refractivity (Wildman–Crippen MR) is 94.0 cm³/mol. The van der Waals surface area contributed by atoms with Gasteiger partial charge in [0.1, 0.15) is 10.8 Å². The molecule has 0 spiro atoms. The highest BCUT2D eigenvalue weighted by Crippen LogP contribution is 2.36. The minimum absolute atomic E-state index is 0.185. The lowest BCUT2D eigenvalue weighted by molar-refractivity contribution is 0.0527. The summed E-state index contributed by atoms with van der Waals surface area (Å²) in [7, 11) is 1.50. The van der Waals surface area contributed by atoms with Gasteiger partial charge < -0.3 is 15.8 Å². The third-order valence-electron chi connectivity index (χ3n) is 3.16. The van der Waals surface area contributed by atoms with Crippen LogP contribution in [-0.4, -0.2) is 25.5 Å². The van der Waals surface area contributed by atoms with Gasteiger partial charge >= 0.3 is 5.97 Å². The van der Waals surface area contributed by atoms with Crippen LogP contribution in [-0.2, 0) is 10.5 Å². The lowest BCUT2D eigenvalue weighted by Gasteiger charge is -2.08. The first-order chi connectivity index (χ1) is 11.5. The first-order valence-corrected chi connectivity index (χ1v) is 8.97. The molecule has 0 atom stereocenters. The summed E-state index contributed by atoms with van der Waals surface area (Å²) >= 11 is 2.22. The predicted octanol–water partition coefficient (Wildman–Crippen LogP) is 3.30. The van der Waals surface area contributed by atoms with Crippen molar-refractivity contribution in [1.29, 1.82) is 0 Å². The molecule has 1 aromatic heterocycles. The molecule has 5 nitrogen and oxygen atoms in total. The maximum Gasteiger partial charge on any atom is 0.341 e. The van der Waals surface area contributed by atoms with Crippen LogP contribution in [0.4, 0.5) is 9.39 Å². The zero-order chi connectivity index (χ0) is 17.7. The van der Waals surface area contributed by atoms with Crippen molar-refractivity contribution in [2.24, 2.45) is 0 Å². The second-order valence-electron chi connectivity index (χ2n) is 4.67. The standard InChI is InChI=1S/C16H17FN2O3S2/c1-3-22-16(21)12-9(13(15(20)19-2)24-14(12)18)8-23-11-7-5-4-6-10(11)17/h4-7H,3,8,18H2,1-2H3,(H,19,20). The van der Waals surface area contributed by atoms with Gasteiger partial charge in [-0.1, -0.05) is 12.1 Å². The van der Waals surface area contributed by atoms with Crippen LogP contribution in [0.5, 0.6) is 0 Å². The lowest BCUT2D eigenvalue weighted by Crippen LogP contribution is -2.18. The summed E-state index contributed by atoms with van der Waals surface area (Å²) in [5, 5.41) is 2.74. The molecule has 0 aliphatic heterocycles. The number of nitrogens with two attached hydrogens (primary N) is 1. The topological polar surface area (TPSA) is 81.4 Å². The number of nitrogen functional groups attached to an aromatic ring is 1. The number of rotatable bonds is 6. The first-order valence-electron chi connectivity index (χ1n) is 7.17. The number of ether oxygens (including phenoxy) is 1. The third kappa shape index (κ3) is 3.88. The van der Waals surface area contributed by atoms with E-state index in [0.29, 0.717) is 15.3 Å². The van der Waals surface area contributed by atoms with Crippen molar-refractivity contribution in [3.8, 4) is 0 Å². The van der Waals surface area contributed by atoms with Crippen molar-refractivity contribution >= 4 is 40.0 Å². The molecule has 24 heavy (non-hydrogen) atoms. The molecule has 128 valence electrons. The SMILES string of the molecule is CCOC(=O)c1c(N)sc(C(=O)NC)c1CSc1ccccc1F. The number of hydrogen-bond donors (Lipinski definition) is 2. The van der Waals surface area contributed by atoms with Crippen LogP contribution in [0.15, 0.2) is 29.2 Å². The van der Waals surface area contributed by atoms with Gasteiger partial charge in [0.05, 0.1) is 17.0 Å². The number of anilines is 1. The van der Waals surface area contributed by atoms with E-state index in [1.807, 2.05) is 0 Å². The lowest BCUT2D eigenvalue weighted by atomic mass is 10.1. The number of halogens is 1. The summed E-state index contributed by atoms with van der Waals surface area (Å²) in [6.07, 6.45) is 0. The van der Waals surface area contributed by atoms with Crippen LogP contribution < -0.4 is 11.1 Å². The highest BCUT2D eigenvalue weighted by atomic mass is 32.2. The Morgan fingerprint density at radius 1 is 1.38 bits per heavy atom. The van der Waals surface area contributed by atoms with E-state index in [4.69, 9.17) is 10.5 Å². The molecule has 0 saturated heterocycles. The normalized spacial score (nSPS) is 10.5. The van der Waals surface area contributed by atoms with E-state index in [-0.39, 0.29) is 34.6 Å². The minimum atomic E-state index is -0.578. The van der Waals surface area contributed by atoms with Crippen LogP contribution in [0.1, 0.15) is 32.5 Å². The van der Waals surface area contributed by atoms with Crippen molar-refractivity contribution in [1.82, 2.24) is 5.32 Å². The Morgan fingerprint density at radius 2 is 2.08 bits per heavy atom. The van der Waals surface area contributed by atoms with Gasteiger partial charge in [-0.15, -0.1) is 23.1 Å². The van der Waals surface area contributed by atoms with Crippen molar-refractivity contribution in [3.05, 3.63) is 46.1 Å². The average molecular weight is 368 g/mol. The Balaban J connectivity index is 2.39. The molecule has 0 radical (unpaired) electrons. The number of carbonyl (C=O) groups excluding carboxylic acids is 2. The Labute approximate surface area is 147 Å². The fourth-order valence-corrected chi connectivity index (χ4v) is 4.14. The molecule has 1 aromatic carbocycles. The fraction of sp³-hybridized carbons (Fsp3) is 0.250. The summed E-state index contributed by atoms with van der Waals surface area (Å²) in [4.78, 5) is 25.0. The van der Waals surface area contributed by atoms with E-state index in [0.717, 1.165) is 11.3 Å². The average Bonchev–Trinajstić information content (AvgIpc) is 2.90. The molecule has 0 unspecified atom stereocenters. The minimum Gasteiger partial charge on any atom is -0.462 e. The number of carbonyl (C=O) groups is 2. The fourth-order valence-electron chi connectivity index (χ4n) is 2.06. The summed E-state index contributed by atoms with van der Waals surface area (Å²) < 4.78 is 18.8. The number of hydrogen-bond acceptors (Lipinski definition) is 6. The number of nitrogens with one attached hydrogen (secondary N) is 1. The van der Waals surface area contributed by atoms with Gasteiger partial charge in [-0.2, -0.15) is 0 Å². The summed E-state index contributed by atoms with van der Waals surface area (Å²) in [5.74, 6) is -1.05. The van der Waals surface area contributed by atoms with E-state index in [9.17, 15) is 14.0 Å². The highest BCUT2D eigenvalue weighted by Gasteiger charge is 2.26. The van der Waals surface area contributed by atoms with Crippen LogP contribution in [0.25, 0.3) is 0 Å². The van der Waals surface area contributed by atoms with Crippen LogP contribution in [0.2, 0.25) is 0 Å². The highest BCUT2D eigenvalue weighted by molar-refractivity contribution is 7.98. The smallest absolute Gasteiger partial charge is 0.341 e. The largest absolute Gasteiger partial charge is 0.462 e. The Hall–Kier alpha value is -2.06. The van der Waals surface area contributed by atoms with Crippen LogP contribution in [0, 0.1) is 5.82 Å². The Morgan fingerprint density at radius 3 is 2.71 bits per heavy atom. The van der Waals surface area contributed by atoms with Gasteiger partial charge in [0, 0.05) is 23.3 Å². The molecule has 0 aliphatic carbocycles. The number of esters is 1. The zero-order valence-electron chi connectivity index (χ0n) is 13.2. The number of benzene rings is 1. The van der Waals surface area contributed by atoms with Gasteiger partial charge in [0.25, 0.3) is 5.91 Å². The second kappa shape index (κ2) is 8.16. The molecule has 1 amide bonds. The maximum atomic E-state index is 13.8. The zero-order valence-corrected chi connectivity index (χ0v) is 14.9. The number of thioether (sulfide) groups is 1. The second-order valence-corrected chi connectivity index (χ2v) is 6.74. The first kappa shape index (κ1) is 18.3. The van der Waals surface area contributed by atoms with Gasteiger partial charge in [0.2, 0.25) is 0 Å². The van der Waals surface area contributed by atoms with Crippen molar-refractivity contribution in [2.75, 3.05) is 19.4 Å². The van der Waals surface area contributed by atoms with Crippen molar-refractivity contribution < 1.29 is 18.7 Å². The van der Waals surface area contributed by atoms with E-state index in [1.54, 1.807) is 25.1 Å². The summed E-state index contributed by atoms with van der Waals surface area (Å²) in [6, 6.07) is 6.32. The van der Waals surface area contributed by atoms with Crippen LogP contribution >= 0.6 is 23.1 Å². The molecule has 1 heterocycles. The molecule has 0 aliphatic rings. The van der Waals surface area contributed by atoms with Crippen molar-refractivity contribution in [3.63, 3.8) is 0 Å². The molecule has 2 aromatic rings. The van der Waals surface area contributed by atoms with E-state index in [1.165, 1.54) is 24.9 Å². The van der Waals surface area contributed by atoms with Gasteiger partial charge in [-0.3, -0.25) is 4.79 Å². The van der Waals surface area contributed by atoms with Gasteiger partial charge in [0.15, 0.2) is 0 Å². The number of thiophene rings is 1.